The van der Waals surface area contributed by atoms with Gasteiger partial charge in [-0.3, -0.25) is 4.79 Å². The number of hydrogen-bond donors (Lipinski definition) is 4. The number of nitrogens with one attached hydrogen (secondary N) is 2. The number of carbonyl (C=O) groups excluding carboxylic acids is 2. The molecular weight excluding hydrogens is 470 g/mol. The molecule has 1 atom stereocenters. The highest BCUT2D eigenvalue weighted by Crippen LogP contribution is 2.33. The van der Waals surface area contributed by atoms with Crippen molar-refractivity contribution in [1.29, 1.82) is 0 Å². The fourth-order valence-corrected chi connectivity index (χ4v) is 4.81. The smallest absolute Gasteiger partial charge is 0.321 e. The van der Waals surface area contributed by atoms with E-state index >= 15 is 0 Å². The monoisotopic (exact) mass is 499 g/mol. The van der Waals surface area contributed by atoms with Crippen LogP contribution in [0.4, 0.5) is 22.2 Å². The second-order valence-electron chi connectivity index (χ2n) is 8.38. The summed E-state index contributed by atoms with van der Waals surface area (Å²) in [7, 11) is 1.60. The van der Waals surface area contributed by atoms with Gasteiger partial charge in [0.2, 0.25) is 5.95 Å². The van der Waals surface area contributed by atoms with Gasteiger partial charge < -0.3 is 36.0 Å². The summed E-state index contributed by atoms with van der Waals surface area (Å²) < 4.78 is 5.22. The van der Waals surface area contributed by atoms with Crippen molar-refractivity contribution in [3.8, 4) is 5.75 Å². The number of aliphatic hydroxyl groups is 1. The van der Waals surface area contributed by atoms with Crippen LogP contribution in [-0.2, 0) is 0 Å². The Hall–Kier alpha value is -3.64. The van der Waals surface area contributed by atoms with E-state index in [4.69, 9.17) is 10.5 Å². The quantitative estimate of drug-likeness (QED) is 0.403. The van der Waals surface area contributed by atoms with Crippen LogP contribution in [0.25, 0.3) is 10.2 Å². The third-order valence-corrected chi connectivity index (χ3v) is 6.65. The van der Waals surface area contributed by atoms with Gasteiger partial charge in [-0.1, -0.05) is 0 Å². The Morgan fingerprint density at radius 1 is 1.26 bits per heavy atom. The summed E-state index contributed by atoms with van der Waals surface area (Å²) in [4.78, 5) is 38.7. The minimum absolute atomic E-state index is 0.125. The number of nitrogens with two attached hydrogens (primary N) is 1. The van der Waals surface area contributed by atoms with Crippen LogP contribution >= 0.6 is 11.3 Å². The van der Waals surface area contributed by atoms with Gasteiger partial charge in [0.1, 0.15) is 16.4 Å². The van der Waals surface area contributed by atoms with E-state index in [1.165, 1.54) is 11.3 Å². The predicted octanol–water partition coefficient (Wildman–Crippen LogP) is 2.06. The molecule has 1 aliphatic heterocycles. The molecule has 1 aromatic carbocycles. The number of piperazine rings is 1. The summed E-state index contributed by atoms with van der Waals surface area (Å²) in [5.74, 6) is 1.12. The van der Waals surface area contributed by atoms with Crippen LogP contribution in [0.5, 0.6) is 5.75 Å². The number of aryl methyl sites for hydroxylation is 1. The molecule has 0 saturated carbocycles. The molecule has 1 saturated heterocycles. The minimum Gasteiger partial charge on any atom is -0.497 e. The number of ether oxygens (including phenoxy) is 1. The van der Waals surface area contributed by atoms with E-state index < -0.39 is 6.10 Å². The lowest BCUT2D eigenvalue weighted by Gasteiger charge is -2.35. The highest BCUT2D eigenvalue weighted by atomic mass is 32.1. The standard InChI is InChI=1S/C23H29N7O4S/c1-13-10-15(34-3)4-5-17(13)26-23(33)30-8-6-29(7-9-30)19-18-16(20(32)25-11-14(2)31)12-35-21(18)28-22(24)27-19/h4-5,10,12,14,31H,6-9,11H2,1-3H3,(H,25,32)(H,26,33)(H2,24,27,28). The molecule has 1 aliphatic rings. The van der Waals surface area contributed by atoms with Gasteiger partial charge in [-0.2, -0.15) is 4.98 Å². The number of carbonyl (C=O) groups is 2. The van der Waals surface area contributed by atoms with Gasteiger partial charge in [0.25, 0.3) is 5.91 Å². The largest absolute Gasteiger partial charge is 0.497 e. The van der Waals surface area contributed by atoms with Crippen LogP contribution in [0.1, 0.15) is 22.8 Å². The first-order valence-electron chi connectivity index (χ1n) is 11.2. The fourth-order valence-electron chi connectivity index (χ4n) is 3.89. The Balaban J connectivity index is 1.48. The fraction of sp³-hybridized carbons (Fsp3) is 0.391. The zero-order chi connectivity index (χ0) is 25.1. The third kappa shape index (κ3) is 5.38. The molecule has 11 nitrogen and oxygen atoms in total. The van der Waals surface area contributed by atoms with Crippen molar-refractivity contribution in [2.75, 3.05) is 55.8 Å². The van der Waals surface area contributed by atoms with Crippen molar-refractivity contribution in [3.63, 3.8) is 0 Å². The number of benzene rings is 1. The highest BCUT2D eigenvalue weighted by Gasteiger charge is 2.27. The number of hydrogen-bond acceptors (Lipinski definition) is 9. The van der Waals surface area contributed by atoms with Gasteiger partial charge in [-0.25, -0.2) is 9.78 Å². The Morgan fingerprint density at radius 3 is 2.66 bits per heavy atom. The van der Waals surface area contributed by atoms with E-state index in [9.17, 15) is 14.7 Å². The molecule has 12 heteroatoms. The lowest BCUT2D eigenvalue weighted by Crippen LogP contribution is -2.50. The van der Waals surface area contributed by atoms with Crippen molar-refractivity contribution < 1.29 is 19.4 Å². The average molecular weight is 500 g/mol. The van der Waals surface area contributed by atoms with Gasteiger partial charge >= 0.3 is 6.03 Å². The van der Waals surface area contributed by atoms with Crippen LogP contribution in [0, 0.1) is 6.92 Å². The summed E-state index contributed by atoms with van der Waals surface area (Å²) in [6, 6.07) is 5.32. The Bertz CT molecular complexity index is 1240. The third-order valence-electron chi connectivity index (χ3n) is 5.78. The average Bonchev–Trinajstić information content (AvgIpc) is 3.27. The number of aromatic nitrogens is 2. The van der Waals surface area contributed by atoms with Crippen LogP contribution < -0.4 is 26.0 Å². The SMILES string of the molecule is COc1ccc(NC(=O)N2CCN(c3nc(N)nc4scc(C(=O)NCC(C)O)c34)CC2)c(C)c1. The molecule has 3 amide bonds. The van der Waals surface area contributed by atoms with Gasteiger partial charge in [0, 0.05) is 43.8 Å². The molecule has 3 aromatic rings. The molecule has 0 spiro atoms. The number of rotatable bonds is 6. The number of amides is 3. The Kier molecular flexibility index (Phi) is 7.22. The lowest BCUT2D eigenvalue weighted by atomic mass is 10.2. The number of fused-ring (bicyclic) bond motifs is 1. The molecule has 0 bridgehead atoms. The normalized spacial score (nSPS) is 14.6. The molecule has 1 unspecified atom stereocenters. The summed E-state index contributed by atoms with van der Waals surface area (Å²) >= 11 is 1.31. The molecule has 4 rings (SSSR count). The molecule has 186 valence electrons. The second-order valence-corrected chi connectivity index (χ2v) is 9.24. The number of nitrogens with zero attached hydrogens (tertiary/aromatic N) is 4. The minimum atomic E-state index is -0.656. The summed E-state index contributed by atoms with van der Waals surface area (Å²) in [6.07, 6.45) is -0.656. The van der Waals surface area contributed by atoms with Gasteiger partial charge in [-0.05, 0) is 37.6 Å². The van der Waals surface area contributed by atoms with Crippen molar-refractivity contribution in [3.05, 3.63) is 34.7 Å². The molecule has 0 aliphatic carbocycles. The Morgan fingerprint density at radius 2 is 2.00 bits per heavy atom. The molecule has 0 radical (unpaired) electrons. The highest BCUT2D eigenvalue weighted by molar-refractivity contribution is 7.17. The van der Waals surface area contributed by atoms with Crippen LogP contribution in [0.2, 0.25) is 0 Å². The van der Waals surface area contributed by atoms with E-state index in [-0.39, 0.29) is 24.4 Å². The Labute approximate surface area is 206 Å². The molecule has 2 aromatic heterocycles. The summed E-state index contributed by atoms with van der Waals surface area (Å²) in [5.41, 5.74) is 8.03. The zero-order valence-electron chi connectivity index (χ0n) is 19.9. The number of anilines is 3. The van der Waals surface area contributed by atoms with Crippen molar-refractivity contribution in [2.45, 2.75) is 20.0 Å². The summed E-state index contributed by atoms with van der Waals surface area (Å²) in [6.45, 7) is 5.64. The number of aliphatic hydroxyl groups excluding tert-OH is 1. The maximum atomic E-state index is 12.9. The maximum absolute atomic E-state index is 12.9. The topological polar surface area (TPSA) is 146 Å². The summed E-state index contributed by atoms with van der Waals surface area (Å²) in [5, 5.41) is 17.5. The van der Waals surface area contributed by atoms with Gasteiger partial charge in [-0.15, -0.1) is 11.3 Å². The van der Waals surface area contributed by atoms with E-state index in [1.807, 2.05) is 24.0 Å². The van der Waals surface area contributed by atoms with Gasteiger partial charge in [0.05, 0.1) is 24.2 Å². The molecule has 35 heavy (non-hydrogen) atoms. The van der Waals surface area contributed by atoms with Crippen molar-refractivity contribution in [2.24, 2.45) is 0 Å². The number of urea groups is 1. The van der Waals surface area contributed by atoms with Crippen molar-refractivity contribution in [1.82, 2.24) is 20.2 Å². The number of methoxy groups -OCH3 is 1. The van der Waals surface area contributed by atoms with Crippen LogP contribution in [0.3, 0.4) is 0 Å². The first-order chi connectivity index (χ1) is 16.8. The first kappa shape index (κ1) is 24.5. The van der Waals surface area contributed by atoms with Crippen LogP contribution in [-0.4, -0.2) is 77.9 Å². The molecule has 3 heterocycles. The maximum Gasteiger partial charge on any atom is 0.321 e. The van der Waals surface area contributed by atoms with E-state index in [0.717, 1.165) is 17.0 Å². The van der Waals surface area contributed by atoms with E-state index in [0.29, 0.717) is 47.8 Å². The van der Waals surface area contributed by atoms with Gasteiger partial charge in [0.15, 0.2) is 0 Å². The molecule has 5 N–H and O–H groups in total. The number of thiophene rings is 1. The van der Waals surface area contributed by atoms with Crippen molar-refractivity contribution >= 4 is 50.9 Å². The van der Waals surface area contributed by atoms with Crippen LogP contribution in [0.15, 0.2) is 23.6 Å². The lowest BCUT2D eigenvalue weighted by molar-refractivity contribution is 0.0926. The van der Waals surface area contributed by atoms with E-state index in [2.05, 4.69) is 20.6 Å². The zero-order valence-corrected chi connectivity index (χ0v) is 20.7. The number of nitrogen functional groups attached to an aromatic ring is 1. The molecule has 1 fully saturated rings. The first-order valence-corrected chi connectivity index (χ1v) is 12.1. The van der Waals surface area contributed by atoms with E-state index in [1.54, 1.807) is 30.4 Å². The predicted molar refractivity (Wildman–Crippen MR) is 136 cm³/mol. The molecular formula is C23H29N7O4S. The second kappa shape index (κ2) is 10.3.